The molecule has 22 heavy (non-hydrogen) atoms. The van der Waals surface area contributed by atoms with Gasteiger partial charge in [-0.05, 0) is 45.4 Å². The number of hydrogen-bond acceptors (Lipinski definition) is 4. The molecule has 2 aromatic heterocycles. The summed E-state index contributed by atoms with van der Waals surface area (Å²) in [5.74, 6) is -0.320. The number of aromatic nitrogens is 2. The van der Waals surface area contributed by atoms with E-state index in [9.17, 15) is 4.79 Å². The largest absolute Gasteiger partial charge is 0.465 e. The number of likely N-dealkylation sites (tertiary alicyclic amines) is 1. The van der Waals surface area contributed by atoms with E-state index in [2.05, 4.69) is 23.7 Å². The standard InChI is InChI=1S/C17H23N3O2/c1-12(2)20-8-4-5-15(20)9-14-11-19-10-13(17(21)22-3)6-7-16(19)18-14/h6-7,10-12,15H,4-5,8-9H2,1-3H3. The molecular weight excluding hydrogens is 278 g/mol. The predicted molar refractivity (Wildman–Crippen MR) is 85.1 cm³/mol. The van der Waals surface area contributed by atoms with Crippen LogP contribution >= 0.6 is 0 Å². The summed E-state index contributed by atoms with van der Waals surface area (Å²) in [7, 11) is 1.40. The zero-order valence-electron chi connectivity index (χ0n) is 13.5. The Kier molecular flexibility index (Phi) is 4.16. The van der Waals surface area contributed by atoms with Crippen molar-refractivity contribution >= 4 is 11.6 Å². The van der Waals surface area contributed by atoms with Crippen LogP contribution in [0.25, 0.3) is 5.65 Å². The number of carbonyl (C=O) groups excluding carboxylic acids is 1. The highest BCUT2D eigenvalue weighted by molar-refractivity contribution is 5.89. The minimum Gasteiger partial charge on any atom is -0.465 e. The van der Waals surface area contributed by atoms with Crippen LogP contribution in [0.5, 0.6) is 0 Å². The fourth-order valence-electron chi connectivity index (χ4n) is 3.38. The van der Waals surface area contributed by atoms with E-state index in [4.69, 9.17) is 4.74 Å². The van der Waals surface area contributed by atoms with Crippen LogP contribution in [0.3, 0.4) is 0 Å². The maximum atomic E-state index is 11.6. The summed E-state index contributed by atoms with van der Waals surface area (Å²) in [6, 6.07) is 4.78. The number of ether oxygens (including phenoxy) is 1. The Labute approximate surface area is 130 Å². The van der Waals surface area contributed by atoms with Crippen LogP contribution in [0.15, 0.2) is 24.5 Å². The lowest BCUT2D eigenvalue weighted by Gasteiger charge is -2.27. The van der Waals surface area contributed by atoms with Gasteiger partial charge in [0.15, 0.2) is 0 Å². The smallest absolute Gasteiger partial charge is 0.339 e. The second kappa shape index (κ2) is 6.08. The van der Waals surface area contributed by atoms with Crippen molar-refractivity contribution in [3.8, 4) is 0 Å². The lowest BCUT2D eigenvalue weighted by atomic mass is 10.1. The van der Waals surface area contributed by atoms with Crippen molar-refractivity contribution in [1.82, 2.24) is 14.3 Å². The van der Waals surface area contributed by atoms with E-state index in [-0.39, 0.29) is 5.97 Å². The van der Waals surface area contributed by atoms with Crippen molar-refractivity contribution in [3.05, 3.63) is 35.8 Å². The molecule has 1 fully saturated rings. The highest BCUT2D eigenvalue weighted by Gasteiger charge is 2.27. The molecule has 5 nitrogen and oxygen atoms in total. The Balaban J connectivity index is 1.81. The summed E-state index contributed by atoms with van der Waals surface area (Å²) in [5, 5.41) is 0. The number of methoxy groups -OCH3 is 1. The molecule has 0 N–H and O–H groups in total. The quantitative estimate of drug-likeness (QED) is 0.814. The van der Waals surface area contributed by atoms with Crippen LogP contribution in [0.1, 0.15) is 42.7 Å². The van der Waals surface area contributed by atoms with Crippen molar-refractivity contribution in [2.75, 3.05) is 13.7 Å². The van der Waals surface area contributed by atoms with Gasteiger partial charge in [0.1, 0.15) is 5.65 Å². The van der Waals surface area contributed by atoms with E-state index in [0.29, 0.717) is 17.6 Å². The van der Waals surface area contributed by atoms with E-state index >= 15 is 0 Å². The summed E-state index contributed by atoms with van der Waals surface area (Å²) < 4.78 is 6.67. The first-order valence-electron chi connectivity index (χ1n) is 7.90. The third-order valence-electron chi connectivity index (χ3n) is 4.45. The molecule has 0 amide bonds. The molecule has 1 aliphatic rings. The van der Waals surface area contributed by atoms with Gasteiger partial charge in [-0.1, -0.05) is 0 Å². The third kappa shape index (κ3) is 2.86. The molecule has 1 saturated heterocycles. The number of rotatable bonds is 4. The van der Waals surface area contributed by atoms with Gasteiger partial charge in [-0.2, -0.15) is 0 Å². The fraction of sp³-hybridized carbons (Fsp3) is 0.529. The molecule has 118 valence electrons. The minimum absolute atomic E-state index is 0.320. The first-order valence-corrected chi connectivity index (χ1v) is 7.90. The van der Waals surface area contributed by atoms with Gasteiger partial charge in [-0.15, -0.1) is 0 Å². The Morgan fingerprint density at radius 3 is 2.95 bits per heavy atom. The van der Waals surface area contributed by atoms with Crippen molar-refractivity contribution in [2.45, 2.75) is 45.2 Å². The van der Waals surface area contributed by atoms with Crippen LogP contribution in [-0.2, 0) is 11.2 Å². The van der Waals surface area contributed by atoms with Gasteiger partial charge < -0.3 is 9.14 Å². The molecule has 0 aromatic carbocycles. The summed E-state index contributed by atoms with van der Waals surface area (Å²) in [6.07, 6.45) is 7.28. The fourth-order valence-corrected chi connectivity index (χ4v) is 3.38. The lowest BCUT2D eigenvalue weighted by Crippen LogP contribution is -2.36. The predicted octanol–water partition coefficient (Wildman–Crippen LogP) is 2.54. The zero-order chi connectivity index (χ0) is 15.7. The average Bonchev–Trinajstić information content (AvgIpc) is 3.11. The first kappa shape index (κ1) is 15.0. The van der Waals surface area contributed by atoms with E-state index in [1.165, 1.54) is 26.5 Å². The molecule has 3 heterocycles. The highest BCUT2D eigenvalue weighted by atomic mass is 16.5. The second-order valence-electron chi connectivity index (χ2n) is 6.24. The topological polar surface area (TPSA) is 46.8 Å². The Morgan fingerprint density at radius 2 is 2.23 bits per heavy atom. The third-order valence-corrected chi connectivity index (χ3v) is 4.45. The SMILES string of the molecule is COC(=O)c1ccc2nc(CC3CCCN3C(C)C)cn2c1. The minimum atomic E-state index is -0.320. The van der Waals surface area contributed by atoms with Crippen molar-refractivity contribution in [3.63, 3.8) is 0 Å². The maximum Gasteiger partial charge on any atom is 0.339 e. The van der Waals surface area contributed by atoms with Gasteiger partial charge in [0.25, 0.3) is 0 Å². The van der Waals surface area contributed by atoms with Crippen LogP contribution in [0.2, 0.25) is 0 Å². The summed E-state index contributed by atoms with van der Waals surface area (Å²) in [4.78, 5) is 18.8. The van der Waals surface area contributed by atoms with E-state index in [1.54, 1.807) is 12.3 Å². The molecule has 0 bridgehead atoms. The molecule has 1 atom stereocenters. The van der Waals surface area contributed by atoms with E-state index in [1.807, 2.05) is 16.7 Å². The van der Waals surface area contributed by atoms with E-state index < -0.39 is 0 Å². The molecule has 1 aliphatic heterocycles. The van der Waals surface area contributed by atoms with Crippen molar-refractivity contribution in [2.24, 2.45) is 0 Å². The summed E-state index contributed by atoms with van der Waals surface area (Å²) >= 11 is 0. The van der Waals surface area contributed by atoms with Gasteiger partial charge in [0, 0.05) is 30.9 Å². The van der Waals surface area contributed by atoms with Crippen molar-refractivity contribution in [1.29, 1.82) is 0 Å². The molecular formula is C17H23N3O2. The number of nitrogens with zero attached hydrogens (tertiary/aromatic N) is 3. The first-order chi connectivity index (χ1) is 10.6. The van der Waals surface area contributed by atoms with Crippen LogP contribution in [-0.4, -0.2) is 46.0 Å². The molecule has 0 aliphatic carbocycles. The van der Waals surface area contributed by atoms with Crippen LogP contribution in [0, 0.1) is 0 Å². The Bertz CT molecular complexity index is 678. The summed E-state index contributed by atoms with van der Waals surface area (Å²) in [6.45, 7) is 5.69. The number of carbonyl (C=O) groups is 1. The van der Waals surface area contributed by atoms with Gasteiger partial charge in [-0.25, -0.2) is 9.78 Å². The highest BCUT2D eigenvalue weighted by Crippen LogP contribution is 2.23. The normalized spacial score (nSPS) is 19.2. The van der Waals surface area contributed by atoms with E-state index in [0.717, 1.165) is 17.8 Å². The van der Waals surface area contributed by atoms with Gasteiger partial charge in [-0.3, -0.25) is 4.90 Å². The molecule has 0 spiro atoms. The monoisotopic (exact) mass is 301 g/mol. The van der Waals surface area contributed by atoms with Crippen molar-refractivity contribution < 1.29 is 9.53 Å². The van der Waals surface area contributed by atoms with Crippen LogP contribution in [0.4, 0.5) is 0 Å². The molecule has 3 rings (SSSR count). The summed E-state index contributed by atoms with van der Waals surface area (Å²) in [5.41, 5.74) is 2.50. The lowest BCUT2D eigenvalue weighted by molar-refractivity contribution is 0.0600. The Hall–Kier alpha value is -1.88. The number of fused-ring (bicyclic) bond motifs is 1. The number of hydrogen-bond donors (Lipinski definition) is 0. The van der Waals surface area contributed by atoms with Crippen LogP contribution < -0.4 is 0 Å². The molecule has 1 unspecified atom stereocenters. The maximum absolute atomic E-state index is 11.6. The molecule has 5 heteroatoms. The van der Waals surface area contributed by atoms with Gasteiger partial charge >= 0.3 is 5.97 Å². The Morgan fingerprint density at radius 1 is 1.41 bits per heavy atom. The van der Waals surface area contributed by atoms with Gasteiger partial charge in [0.2, 0.25) is 0 Å². The molecule has 2 aromatic rings. The zero-order valence-corrected chi connectivity index (χ0v) is 13.5. The second-order valence-corrected chi connectivity index (χ2v) is 6.24. The number of pyridine rings is 1. The number of esters is 1. The molecule has 0 saturated carbocycles. The molecule has 0 radical (unpaired) electrons. The average molecular weight is 301 g/mol. The number of imidazole rings is 1. The van der Waals surface area contributed by atoms with Gasteiger partial charge in [0.05, 0.1) is 18.4 Å².